The fraction of sp³-hybridized carbons (Fsp3) is 0.630. The minimum atomic E-state index is -0.697. The summed E-state index contributed by atoms with van der Waals surface area (Å²) >= 11 is 0. The fourth-order valence-electron chi connectivity index (χ4n) is 6.51. The van der Waals surface area contributed by atoms with Gasteiger partial charge in [-0.15, -0.1) is 0 Å². The summed E-state index contributed by atoms with van der Waals surface area (Å²) in [6.45, 7) is 2.94. The van der Waals surface area contributed by atoms with E-state index in [1.165, 1.54) is 4.90 Å². The molecule has 2 unspecified atom stereocenters. The van der Waals surface area contributed by atoms with Gasteiger partial charge in [-0.3, -0.25) is 14.6 Å². The number of likely N-dealkylation sites (N-methyl/N-ethyl adjacent to an activating group) is 2. The molecule has 1 aromatic carbocycles. The largest absolute Gasteiger partial charge is 0.477 e. The molecule has 0 saturated heterocycles. The molecular weight excluding hydrogens is 502 g/mol. The maximum absolute atomic E-state index is 13.0. The second-order valence-electron chi connectivity index (χ2n) is 10.7. The topological polar surface area (TPSA) is 187 Å². The van der Waals surface area contributed by atoms with Crippen molar-refractivity contribution in [3.8, 4) is 11.5 Å². The molecule has 1 heterocycles. The molecule has 1 aromatic rings. The summed E-state index contributed by atoms with van der Waals surface area (Å²) in [5.74, 6) is 0.877. The lowest BCUT2D eigenvalue weighted by Gasteiger charge is -2.50. The smallest absolute Gasteiger partial charge is 0.415 e. The highest BCUT2D eigenvalue weighted by molar-refractivity contribution is 5.89. The van der Waals surface area contributed by atoms with Gasteiger partial charge >= 0.3 is 6.09 Å². The summed E-state index contributed by atoms with van der Waals surface area (Å²) in [6, 6.07) is 3.29. The van der Waals surface area contributed by atoms with Gasteiger partial charge in [0.05, 0.1) is 6.04 Å². The maximum Gasteiger partial charge on any atom is 0.415 e. The molecule has 8 N–H and O–H groups in total. The Morgan fingerprint density at radius 2 is 2.10 bits per heavy atom. The summed E-state index contributed by atoms with van der Waals surface area (Å²) in [6.07, 6.45) is 2.75. The molecule has 0 radical (unpaired) electrons. The van der Waals surface area contributed by atoms with Crippen LogP contribution in [0.4, 0.5) is 4.79 Å². The number of ketones is 1. The van der Waals surface area contributed by atoms with E-state index in [2.05, 4.69) is 22.5 Å². The average molecular weight is 544 g/mol. The number of carbonyl (C=O) groups excluding carboxylic acids is 3. The van der Waals surface area contributed by atoms with Gasteiger partial charge in [-0.05, 0) is 56.7 Å². The Labute approximate surface area is 229 Å². The first-order chi connectivity index (χ1) is 18.6. The van der Waals surface area contributed by atoms with Gasteiger partial charge in [0.15, 0.2) is 29.3 Å². The van der Waals surface area contributed by atoms with Crippen LogP contribution in [-0.4, -0.2) is 80.6 Å². The molecule has 1 fully saturated rings. The van der Waals surface area contributed by atoms with Crippen LogP contribution >= 0.6 is 0 Å². The van der Waals surface area contributed by atoms with E-state index < -0.39 is 23.7 Å². The van der Waals surface area contributed by atoms with Crippen LogP contribution in [0.3, 0.4) is 0 Å². The van der Waals surface area contributed by atoms with Crippen LogP contribution in [0.2, 0.25) is 0 Å². The maximum atomic E-state index is 13.0. The second kappa shape index (κ2) is 11.8. The van der Waals surface area contributed by atoms with E-state index in [9.17, 15) is 14.4 Å². The zero-order chi connectivity index (χ0) is 28.3. The number of aliphatic imine (C=N–C) groups is 1. The zero-order valence-electron chi connectivity index (χ0n) is 23.0. The molecule has 1 saturated carbocycles. The Morgan fingerprint density at radius 3 is 2.79 bits per heavy atom. The summed E-state index contributed by atoms with van der Waals surface area (Å²) in [5.41, 5.74) is 18.2. The molecule has 5 atom stereocenters. The van der Waals surface area contributed by atoms with Gasteiger partial charge < -0.3 is 42.2 Å². The van der Waals surface area contributed by atoms with Crippen LogP contribution in [0.15, 0.2) is 17.1 Å². The average Bonchev–Trinajstić information content (AvgIpc) is 3.29. The lowest BCUT2D eigenvalue weighted by molar-refractivity contribution is -0.134. The zero-order valence-corrected chi connectivity index (χ0v) is 23.0. The van der Waals surface area contributed by atoms with Crippen LogP contribution in [0.1, 0.15) is 50.2 Å². The van der Waals surface area contributed by atoms with Gasteiger partial charge in [0.25, 0.3) is 0 Å². The molecule has 12 nitrogen and oxygen atoms in total. The van der Waals surface area contributed by atoms with Crippen molar-refractivity contribution in [2.45, 2.75) is 69.1 Å². The lowest BCUT2D eigenvalue weighted by Crippen LogP contribution is -2.60. The Morgan fingerprint density at radius 1 is 1.33 bits per heavy atom. The number of ether oxygens (including phenoxy) is 2. The first kappa shape index (κ1) is 28.6. The number of hydrogen-bond acceptors (Lipinski definition) is 8. The molecule has 3 aliphatic rings. The van der Waals surface area contributed by atoms with E-state index in [1.54, 1.807) is 13.1 Å². The third-order valence-corrected chi connectivity index (χ3v) is 8.47. The van der Waals surface area contributed by atoms with Crippen LogP contribution in [-0.2, 0) is 21.4 Å². The number of nitrogens with one attached hydrogen (secondary N) is 2. The standard InChI is InChI=1S/C27H41N7O5/c1-4-27-16-8-9-19(35)23(27)39-22-20(10-7-15(21(22)27)14-18(16)31-2)38-26(37)34(3)13-12-32-24(36)17(28)6-5-11-33-25(29)30/h7,10,16-18,23,31H,4-6,8-9,11-14,28H2,1-3H3,(H,32,36)(H4,29,30,33)/t16?,17-,18+,23?,27-/m0/s1. The van der Waals surface area contributed by atoms with Crippen molar-refractivity contribution in [3.63, 3.8) is 0 Å². The van der Waals surface area contributed by atoms with Crippen LogP contribution in [0.5, 0.6) is 11.5 Å². The molecule has 0 aromatic heterocycles. The van der Waals surface area contributed by atoms with Gasteiger partial charge in [-0.1, -0.05) is 13.0 Å². The first-order valence-electron chi connectivity index (χ1n) is 13.7. The highest BCUT2D eigenvalue weighted by atomic mass is 16.6. The van der Waals surface area contributed by atoms with E-state index in [4.69, 9.17) is 26.7 Å². The van der Waals surface area contributed by atoms with E-state index in [0.717, 1.165) is 30.4 Å². The Bertz CT molecular complexity index is 1140. The highest BCUT2D eigenvalue weighted by Gasteiger charge is 2.62. The minimum Gasteiger partial charge on any atom is -0.477 e. The van der Waals surface area contributed by atoms with Gasteiger partial charge in [0.2, 0.25) is 5.91 Å². The number of nitrogens with two attached hydrogens (primary N) is 3. The molecule has 2 aliphatic carbocycles. The van der Waals surface area contributed by atoms with Crippen LogP contribution < -0.4 is 37.3 Å². The Kier molecular flexibility index (Phi) is 8.65. The van der Waals surface area contributed by atoms with Gasteiger partial charge in [0.1, 0.15) is 0 Å². The van der Waals surface area contributed by atoms with Crippen molar-refractivity contribution in [3.05, 3.63) is 23.3 Å². The molecule has 0 spiro atoms. The third-order valence-electron chi connectivity index (χ3n) is 8.47. The fourth-order valence-corrected chi connectivity index (χ4v) is 6.51. The number of rotatable bonds is 11. The van der Waals surface area contributed by atoms with E-state index in [1.807, 2.05) is 13.1 Å². The van der Waals surface area contributed by atoms with E-state index in [-0.39, 0.29) is 42.7 Å². The Hall–Kier alpha value is -3.38. The molecule has 1 aliphatic heterocycles. The lowest BCUT2D eigenvalue weighted by atomic mass is 9.54. The number of benzene rings is 1. The number of guanidine groups is 1. The van der Waals surface area contributed by atoms with Crippen molar-refractivity contribution >= 4 is 23.7 Å². The predicted molar refractivity (Wildman–Crippen MR) is 147 cm³/mol. The van der Waals surface area contributed by atoms with Gasteiger partial charge in [0, 0.05) is 50.1 Å². The monoisotopic (exact) mass is 543 g/mol. The van der Waals surface area contributed by atoms with Crippen LogP contribution in [0, 0.1) is 5.92 Å². The molecular formula is C27H41N7O5. The number of nitrogens with zero attached hydrogens (tertiary/aromatic N) is 2. The number of amides is 2. The molecule has 4 rings (SSSR count). The normalized spacial score (nSPS) is 25.2. The Balaban J connectivity index is 1.39. The van der Waals surface area contributed by atoms with Gasteiger partial charge in [-0.25, -0.2) is 4.79 Å². The van der Waals surface area contributed by atoms with E-state index in [0.29, 0.717) is 37.3 Å². The van der Waals surface area contributed by atoms with Crippen molar-refractivity contribution in [1.29, 1.82) is 0 Å². The first-order valence-corrected chi connectivity index (χ1v) is 13.7. The minimum absolute atomic E-state index is 0.00182. The SMILES string of the molecule is CC[C@]12c3c4ccc(OC(=O)N(C)CCNC(=O)[C@@H](N)CCCN=C(N)N)c3OC1C(=O)CCC2[C@H](NC)C4. The van der Waals surface area contributed by atoms with Crippen LogP contribution in [0.25, 0.3) is 0 Å². The predicted octanol–water partition coefficient (Wildman–Crippen LogP) is 0.146. The summed E-state index contributed by atoms with van der Waals surface area (Å²) in [7, 11) is 3.56. The second-order valence-corrected chi connectivity index (χ2v) is 10.7. The third kappa shape index (κ3) is 5.40. The summed E-state index contributed by atoms with van der Waals surface area (Å²) < 4.78 is 12.1. The van der Waals surface area contributed by atoms with Gasteiger partial charge in [-0.2, -0.15) is 0 Å². The molecule has 39 heavy (non-hydrogen) atoms. The molecule has 0 bridgehead atoms. The highest BCUT2D eigenvalue weighted by Crippen LogP contribution is 2.61. The van der Waals surface area contributed by atoms with E-state index >= 15 is 0 Å². The molecule has 214 valence electrons. The number of carbonyl (C=O) groups is 3. The summed E-state index contributed by atoms with van der Waals surface area (Å²) in [4.78, 5) is 43.5. The van der Waals surface area contributed by atoms with Crippen molar-refractivity contribution < 1.29 is 23.9 Å². The molecule has 2 amide bonds. The summed E-state index contributed by atoms with van der Waals surface area (Å²) in [5, 5.41) is 6.20. The van der Waals surface area contributed by atoms with Crippen molar-refractivity contribution in [2.24, 2.45) is 28.1 Å². The van der Waals surface area contributed by atoms with Crippen molar-refractivity contribution in [2.75, 3.05) is 33.7 Å². The van der Waals surface area contributed by atoms with Crippen molar-refractivity contribution in [1.82, 2.24) is 15.5 Å². The number of hydrogen-bond donors (Lipinski definition) is 5. The molecule has 12 heteroatoms. The number of Topliss-reactive ketones (excluding diaryl/α,β-unsaturated/α-hetero) is 1. The quantitative estimate of drug-likeness (QED) is 0.147.